The van der Waals surface area contributed by atoms with E-state index in [1.54, 1.807) is 16.4 Å². The van der Waals surface area contributed by atoms with Gasteiger partial charge in [-0.3, -0.25) is 4.31 Å². The molecular weight excluding hydrogens is 354 g/mol. The maximum Gasteiger partial charge on any atom is 0.264 e. The largest absolute Gasteiger partial charge is 0.264 e. The van der Waals surface area contributed by atoms with E-state index < -0.39 is 10.0 Å². The molecule has 1 heterocycles. The molecule has 0 saturated carbocycles. The minimum atomic E-state index is -3.67. The predicted molar refractivity (Wildman–Crippen MR) is 112 cm³/mol. The summed E-state index contributed by atoms with van der Waals surface area (Å²) in [6.45, 7) is 6.23. The Labute approximate surface area is 163 Å². The Bertz CT molecular complexity index is 926. The van der Waals surface area contributed by atoms with Gasteiger partial charge < -0.3 is 0 Å². The second-order valence-corrected chi connectivity index (χ2v) is 9.29. The summed E-state index contributed by atoms with van der Waals surface area (Å²) in [5, 5.41) is 0. The van der Waals surface area contributed by atoms with Crippen LogP contribution in [0.5, 0.6) is 0 Å². The van der Waals surface area contributed by atoms with Gasteiger partial charge in [0.25, 0.3) is 10.0 Å². The van der Waals surface area contributed by atoms with Crippen LogP contribution in [0, 0.1) is 12.8 Å². The van der Waals surface area contributed by atoms with Crippen LogP contribution in [0.2, 0.25) is 0 Å². The molecule has 0 amide bonds. The number of hydrogen-bond acceptors (Lipinski definition) is 2. The van der Waals surface area contributed by atoms with Crippen molar-refractivity contribution in [1.82, 2.24) is 4.31 Å². The van der Waals surface area contributed by atoms with E-state index in [2.05, 4.69) is 19.9 Å². The van der Waals surface area contributed by atoms with Crippen molar-refractivity contribution in [3.63, 3.8) is 0 Å². The van der Waals surface area contributed by atoms with E-state index >= 15 is 0 Å². The standard InChI is InChI=1S/C23H27NO2S/c1-18(2)17-21-11-7-8-12-23(20-9-5-4-6-10-20)24(21)27(25,26)22-15-13-19(3)14-16-22/h4-10,12-16,18,21H,11,17H2,1-3H3. The van der Waals surface area contributed by atoms with Gasteiger partial charge in [0, 0.05) is 6.04 Å². The monoisotopic (exact) mass is 381 g/mol. The van der Waals surface area contributed by atoms with E-state index in [9.17, 15) is 8.42 Å². The number of nitrogens with zero attached hydrogens (tertiary/aromatic N) is 1. The Morgan fingerprint density at radius 2 is 1.70 bits per heavy atom. The number of benzene rings is 2. The Kier molecular flexibility index (Phi) is 5.85. The fourth-order valence-corrected chi connectivity index (χ4v) is 5.18. The third-order valence-corrected chi connectivity index (χ3v) is 6.64. The molecule has 0 saturated heterocycles. The number of allylic oxidation sites excluding steroid dienone is 2. The van der Waals surface area contributed by atoms with E-state index in [1.165, 1.54) is 0 Å². The molecule has 0 aliphatic carbocycles. The van der Waals surface area contributed by atoms with Gasteiger partial charge in [-0.05, 0) is 49.5 Å². The summed E-state index contributed by atoms with van der Waals surface area (Å²) in [5.74, 6) is 0.397. The van der Waals surface area contributed by atoms with Gasteiger partial charge in [-0.1, -0.05) is 74.0 Å². The molecule has 1 aliphatic heterocycles. The SMILES string of the molecule is Cc1ccc(S(=O)(=O)N2C(c3ccccc3)=CC=CCC2CC(C)C)cc1. The minimum Gasteiger partial charge on any atom is -0.262 e. The molecule has 1 unspecified atom stereocenters. The lowest BCUT2D eigenvalue weighted by atomic mass is 10.0. The van der Waals surface area contributed by atoms with E-state index in [1.807, 2.05) is 61.5 Å². The summed E-state index contributed by atoms with van der Waals surface area (Å²) in [6, 6.07) is 16.8. The van der Waals surface area contributed by atoms with Crippen LogP contribution in [0.25, 0.3) is 5.70 Å². The van der Waals surface area contributed by atoms with Crippen LogP contribution < -0.4 is 0 Å². The molecule has 0 radical (unpaired) electrons. The molecule has 0 spiro atoms. The molecule has 142 valence electrons. The number of sulfonamides is 1. The van der Waals surface area contributed by atoms with E-state index in [-0.39, 0.29) is 6.04 Å². The lowest BCUT2D eigenvalue weighted by Crippen LogP contribution is -2.39. The van der Waals surface area contributed by atoms with Gasteiger partial charge in [0.1, 0.15) is 0 Å². The smallest absolute Gasteiger partial charge is 0.262 e. The first-order valence-electron chi connectivity index (χ1n) is 9.43. The summed E-state index contributed by atoms with van der Waals surface area (Å²) < 4.78 is 29.0. The second kappa shape index (κ2) is 8.13. The topological polar surface area (TPSA) is 37.4 Å². The molecule has 3 rings (SSSR count). The predicted octanol–water partition coefficient (Wildman–Crippen LogP) is 5.40. The molecule has 1 aliphatic rings. The van der Waals surface area contributed by atoms with Crippen LogP contribution in [0.3, 0.4) is 0 Å². The van der Waals surface area contributed by atoms with Crippen LogP contribution in [-0.2, 0) is 10.0 Å². The van der Waals surface area contributed by atoms with Crippen molar-refractivity contribution in [3.8, 4) is 0 Å². The van der Waals surface area contributed by atoms with Crippen molar-refractivity contribution < 1.29 is 8.42 Å². The zero-order valence-corrected chi connectivity index (χ0v) is 17.0. The third-order valence-electron chi connectivity index (χ3n) is 4.76. The zero-order chi connectivity index (χ0) is 19.4. The first kappa shape index (κ1) is 19.4. The van der Waals surface area contributed by atoms with Gasteiger partial charge >= 0.3 is 0 Å². The zero-order valence-electron chi connectivity index (χ0n) is 16.2. The van der Waals surface area contributed by atoms with Crippen molar-refractivity contribution in [1.29, 1.82) is 0 Å². The average Bonchev–Trinajstić information content (AvgIpc) is 2.85. The molecule has 0 bridgehead atoms. The molecule has 0 aromatic heterocycles. The highest BCUT2D eigenvalue weighted by Gasteiger charge is 2.34. The Morgan fingerprint density at radius 3 is 2.33 bits per heavy atom. The Morgan fingerprint density at radius 1 is 1.04 bits per heavy atom. The molecule has 2 aromatic carbocycles. The maximum absolute atomic E-state index is 13.7. The summed E-state index contributed by atoms with van der Waals surface area (Å²) in [4.78, 5) is 0.339. The van der Waals surface area contributed by atoms with Crippen molar-refractivity contribution >= 4 is 15.7 Å². The van der Waals surface area contributed by atoms with Gasteiger partial charge in [0.2, 0.25) is 0 Å². The highest BCUT2D eigenvalue weighted by Crippen LogP contribution is 2.34. The van der Waals surface area contributed by atoms with Crippen LogP contribution in [0.15, 0.2) is 77.7 Å². The van der Waals surface area contributed by atoms with Crippen LogP contribution in [-0.4, -0.2) is 18.8 Å². The molecule has 27 heavy (non-hydrogen) atoms. The number of aryl methyl sites for hydroxylation is 1. The summed E-state index contributed by atoms with van der Waals surface area (Å²) in [7, 11) is -3.67. The van der Waals surface area contributed by atoms with Gasteiger partial charge in [-0.25, -0.2) is 8.42 Å². The van der Waals surface area contributed by atoms with E-state index in [4.69, 9.17) is 0 Å². The van der Waals surface area contributed by atoms with Crippen molar-refractivity contribution in [2.45, 2.75) is 44.6 Å². The highest BCUT2D eigenvalue weighted by atomic mass is 32.2. The average molecular weight is 382 g/mol. The summed E-state index contributed by atoms with van der Waals surface area (Å²) in [6.07, 6.45) is 7.47. The van der Waals surface area contributed by atoms with Crippen LogP contribution in [0.4, 0.5) is 0 Å². The molecule has 0 N–H and O–H groups in total. The number of hydrogen-bond donors (Lipinski definition) is 0. The van der Waals surface area contributed by atoms with Crippen molar-refractivity contribution in [3.05, 3.63) is 84.0 Å². The van der Waals surface area contributed by atoms with E-state index in [0.717, 1.165) is 23.2 Å². The fraction of sp³-hybridized carbons (Fsp3) is 0.304. The molecule has 2 aromatic rings. The number of rotatable bonds is 5. The molecule has 4 heteroatoms. The first-order valence-corrected chi connectivity index (χ1v) is 10.9. The molecule has 1 atom stereocenters. The van der Waals surface area contributed by atoms with Gasteiger partial charge in [0.05, 0.1) is 10.6 Å². The maximum atomic E-state index is 13.7. The minimum absolute atomic E-state index is 0.110. The highest BCUT2D eigenvalue weighted by molar-refractivity contribution is 7.89. The van der Waals surface area contributed by atoms with Crippen molar-refractivity contribution in [2.75, 3.05) is 0 Å². The Balaban J connectivity index is 2.14. The normalized spacial score (nSPS) is 17.7. The van der Waals surface area contributed by atoms with Gasteiger partial charge in [-0.15, -0.1) is 0 Å². The van der Waals surface area contributed by atoms with Crippen LogP contribution >= 0.6 is 0 Å². The lowest BCUT2D eigenvalue weighted by Gasteiger charge is -2.34. The summed E-state index contributed by atoms with van der Waals surface area (Å²) in [5.41, 5.74) is 2.69. The Hall–Kier alpha value is -2.33. The van der Waals surface area contributed by atoms with E-state index in [0.29, 0.717) is 17.2 Å². The molecule has 0 fully saturated rings. The first-order chi connectivity index (χ1) is 12.9. The quantitative estimate of drug-likeness (QED) is 0.695. The molecule has 3 nitrogen and oxygen atoms in total. The third kappa shape index (κ3) is 4.33. The van der Waals surface area contributed by atoms with Gasteiger partial charge in [-0.2, -0.15) is 0 Å². The van der Waals surface area contributed by atoms with Crippen LogP contribution in [0.1, 0.15) is 37.8 Å². The lowest BCUT2D eigenvalue weighted by molar-refractivity contribution is 0.354. The molecular formula is C23H27NO2S. The fourth-order valence-electron chi connectivity index (χ4n) is 3.48. The van der Waals surface area contributed by atoms with Crippen molar-refractivity contribution in [2.24, 2.45) is 5.92 Å². The van der Waals surface area contributed by atoms with Gasteiger partial charge in [0.15, 0.2) is 0 Å². The second-order valence-electron chi connectivity index (χ2n) is 7.48. The summed E-state index contributed by atoms with van der Waals surface area (Å²) >= 11 is 0.